The minimum Gasteiger partial charge on any atom is -0.496 e. The molecule has 2 aromatic carbocycles. The monoisotopic (exact) mass is 514 g/mol. The number of nitrogens with zero attached hydrogens (tertiary/aromatic N) is 1. The molecule has 0 heterocycles. The molecule has 170 valence electrons. The van der Waals surface area contributed by atoms with Crippen LogP contribution in [0.3, 0.4) is 0 Å². The molecule has 0 amide bonds. The Hall–Kier alpha value is -2.63. The highest BCUT2D eigenvalue weighted by molar-refractivity contribution is 9.10. The first kappa shape index (κ1) is 26.4. The molecule has 0 saturated carbocycles. The van der Waals surface area contributed by atoms with Gasteiger partial charge in [-0.25, -0.2) is 4.72 Å². The minimum absolute atomic E-state index is 0.0700. The first-order chi connectivity index (χ1) is 14.8. The van der Waals surface area contributed by atoms with Gasteiger partial charge in [-0.05, 0) is 54.4 Å². The van der Waals surface area contributed by atoms with E-state index in [9.17, 15) is 4.79 Å². The average molecular weight is 515 g/mol. The number of carbonyl (C=O) groups is 1. The maximum atomic E-state index is 10.3. The van der Waals surface area contributed by atoms with Gasteiger partial charge in [0.25, 0.3) is 0 Å². The number of guanidine groups is 1. The van der Waals surface area contributed by atoms with Crippen LogP contribution in [0.25, 0.3) is 0 Å². The summed E-state index contributed by atoms with van der Waals surface area (Å²) in [5.74, 6) is 0.601. The molecule has 6 N–H and O–H groups in total. The molecule has 0 saturated heterocycles. The summed E-state index contributed by atoms with van der Waals surface area (Å²) in [5, 5.41) is 11.9. The molecular formula is C20H27BrN4O5S. The van der Waals surface area contributed by atoms with E-state index in [-0.39, 0.29) is 12.5 Å². The summed E-state index contributed by atoms with van der Waals surface area (Å²) in [4.78, 5) is 15.9. The van der Waals surface area contributed by atoms with Gasteiger partial charge >= 0.3 is 5.97 Å². The number of rotatable bonds is 11. The smallest absolute Gasteiger partial charge is 0.318 e. The van der Waals surface area contributed by atoms with E-state index in [4.69, 9.17) is 30.9 Å². The van der Waals surface area contributed by atoms with Crippen molar-refractivity contribution in [2.24, 2.45) is 16.6 Å². The number of hydrogen-bond donors (Lipinski definition) is 4. The third-order valence-electron chi connectivity index (χ3n) is 3.37. The van der Waals surface area contributed by atoms with Crippen LogP contribution in [-0.2, 0) is 9.63 Å². The molecule has 0 spiro atoms. The summed E-state index contributed by atoms with van der Waals surface area (Å²) < 4.78 is 14.2. The molecule has 11 heteroatoms. The summed E-state index contributed by atoms with van der Waals surface area (Å²) in [6.07, 6.45) is 0.727. The fourth-order valence-corrected chi connectivity index (χ4v) is 3.28. The normalized spacial score (nSPS) is 9.77. The number of oxime groups is 1. The number of methoxy groups -OCH3 is 1. The fourth-order valence-electron chi connectivity index (χ4n) is 1.97. The zero-order valence-electron chi connectivity index (χ0n) is 17.3. The van der Waals surface area contributed by atoms with Gasteiger partial charge in [0.2, 0.25) is 5.96 Å². The topological polar surface area (TPSA) is 141 Å². The Morgan fingerprint density at radius 2 is 1.90 bits per heavy atom. The summed E-state index contributed by atoms with van der Waals surface area (Å²) in [5.41, 5.74) is 11.4. The highest BCUT2D eigenvalue weighted by atomic mass is 79.9. The van der Waals surface area contributed by atoms with Crippen molar-refractivity contribution >= 4 is 39.8 Å². The van der Waals surface area contributed by atoms with E-state index < -0.39 is 5.97 Å². The highest BCUT2D eigenvalue weighted by Gasteiger charge is 2.05. The number of aliphatic carboxylic acids is 1. The van der Waals surface area contributed by atoms with Crippen molar-refractivity contribution < 1.29 is 24.2 Å². The van der Waals surface area contributed by atoms with Crippen molar-refractivity contribution in [3.8, 4) is 11.5 Å². The predicted molar refractivity (Wildman–Crippen MR) is 125 cm³/mol. The quantitative estimate of drug-likeness (QED) is 0.117. The van der Waals surface area contributed by atoms with Crippen molar-refractivity contribution in [1.29, 1.82) is 0 Å². The highest BCUT2D eigenvalue weighted by Crippen LogP contribution is 2.30. The van der Waals surface area contributed by atoms with E-state index in [1.807, 2.05) is 49.4 Å². The van der Waals surface area contributed by atoms with Crippen LogP contribution in [-0.4, -0.2) is 43.9 Å². The molecular weight excluding hydrogens is 488 g/mol. The summed E-state index contributed by atoms with van der Waals surface area (Å²) in [6, 6.07) is 13.4. The third kappa shape index (κ3) is 12.6. The molecule has 0 aliphatic heterocycles. The maximum absolute atomic E-state index is 10.3. The molecule has 0 aliphatic carbocycles. The Bertz CT molecular complexity index is 833. The van der Waals surface area contributed by atoms with Crippen LogP contribution in [0, 0.1) is 6.92 Å². The number of ether oxygens (including phenoxy) is 2. The zero-order valence-corrected chi connectivity index (χ0v) is 19.7. The maximum Gasteiger partial charge on any atom is 0.318 e. The fraction of sp³-hybridized carbons (Fsp3) is 0.300. The number of carboxylic acids is 1. The Balaban J connectivity index is 0.000000311. The lowest BCUT2D eigenvalue weighted by Crippen LogP contribution is -2.23. The van der Waals surface area contributed by atoms with E-state index in [1.54, 1.807) is 7.11 Å². The van der Waals surface area contributed by atoms with Gasteiger partial charge in [-0.15, -0.1) is 0 Å². The number of hydrogen-bond acceptors (Lipinski definition) is 7. The standard InChI is InChI=1S/C11H17N3O2.C9H10BrNO3S/c1-9-3-5-10(6-4-9)15-7-2-8-16-14-11(12)13;1-14-7-3-2-6(10)4-8(7)15-11-5-9(12)13/h3-6H,2,7-8H2,1H3,(H4,12,13,14);2-4,11H,5H2,1H3,(H,12,13). The molecule has 9 nitrogen and oxygen atoms in total. The van der Waals surface area contributed by atoms with E-state index in [2.05, 4.69) is 25.8 Å². The molecule has 0 aromatic heterocycles. The Labute approximate surface area is 194 Å². The molecule has 0 atom stereocenters. The van der Waals surface area contributed by atoms with Gasteiger partial charge in [0.1, 0.15) is 24.7 Å². The van der Waals surface area contributed by atoms with Crippen LogP contribution in [0.4, 0.5) is 0 Å². The first-order valence-electron chi connectivity index (χ1n) is 9.17. The number of carboxylic acid groups (broad SMARTS) is 1. The van der Waals surface area contributed by atoms with E-state index in [0.717, 1.165) is 21.5 Å². The number of nitrogens with two attached hydrogens (primary N) is 2. The van der Waals surface area contributed by atoms with Crippen LogP contribution in [0.5, 0.6) is 11.5 Å². The van der Waals surface area contributed by atoms with Crippen molar-refractivity contribution in [3.05, 3.63) is 52.5 Å². The molecule has 0 bridgehead atoms. The second-order valence-corrected chi connectivity index (χ2v) is 7.82. The summed E-state index contributed by atoms with van der Waals surface area (Å²) in [6.45, 7) is 2.94. The van der Waals surface area contributed by atoms with Gasteiger partial charge in [0, 0.05) is 10.9 Å². The summed E-state index contributed by atoms with van der Waals surface area (Å²) in [7, 11) is 1.57. The first-order valence-corrected chi connectivity index (χ1v) is 10.8. The van der Waals surface area contributed by atoms with Crippen LogP contribution < -0.4 is 25.7 Å². The number of nitrogens with one attached hydrogen (secondary N) is 1. The van der Waals surface area contributed by atoms with E-state index >= 15 is 0 Å². The van der Waals surface area contributed by atoms with Gasteiger partial charge in [-0.2, -0.15) is 0 Å². The van der Waals surface area contributed by atoms with Crippen molar-refractivity contribution in [1.82, 2.24) is 4.72 Å². The molecule has 0 radical (unpaired) electrons. The lowest BCUT2D eigenvalue weighted by molar-refractivity contribution is -0.135. The number of benzene rings is 2. The Kier molecular flexibility index (Phi) is 13.0. The van der Waals surface area contributed by atoms with E-state index in [1.165, 1.54) is 17.5 Å². The molecule has 31 heavy (non-hydrogen) atoms. The lowest BCUT2D eigenvalue weighted by atomic mass is 10.2. The zero-order chi connectivity index (χ0) is 23.1. The van der Waals surface area contributed by atoms with Crippen LogP contribution in [0.1, 0.15) is 12.0 Å². The Morgan fingerprint density at radius 3 is 2.52 bits per heavy atom. The van der Waals surface area contributed by atoms with Crippen LogP contribution >= 0.6 is 27.9 Å². The molecule has 0 aliphatic rings. The van der Waals surface area contributed by atoms with Gasteiger partial charge in [0.15, 0.2) is 0 Å². The van der Waals surface area contributed by atoms with Crippen molar-refractivity contribution in [2.75, 3.05) is 26.9 Å². The molecule has 0 fully saturated rings. The van der Waals surface area contributed by atoms with Crippen molar-refractivity contribution in [2.45, 2.75) is 18.2 Å². The van der Waals surface area contributed by atoms with Crippen LogP contribution in [0.15, 0.2) is 57.0 Å². The van der Waals surface area contributed by atoms with E-state index in [0.29, 0.717) is 19.0 Å². The molecule has 2 rings (SSSR count). The van der Waals surface area contributed by atoms with Gasteiger partial charge in [-0.3, -0.25) is 4.79 Å². The minimum atomic E-state index is -0.892. The largest absolute Gasteiger partial charge is 0.496 e. The third-order valence-corrected chi connectivity index (χ3v) is 4.69. The van der Waals surface area contributed by atoms with Gasteiger partial charge in [-0.1, -0.05) is 33.6 Å². The number of aryl methyl sites for hydroxylation is 1. The second kappa shape index (κ2) is 15.2. The Morgan fingerprint density at radius 1 is 1.19 bits per heavy atom. The number of halogens is 1. The van der Waals surface area contributed by atoms with Crippen molar-refractivity contribution in [3.63, 3.8) is 0 Å². The molecule has 2 aromatic rings. The summed E-state index contributed by atoms with van der Waals surface area (Å²) >= 11 is 4.56. The average Bonchev–Trinajstić information content (AvgIpc) is 2.72. The SMILES string of the molecule is COc1ccc(Br)cc1SNCC(=O)O.Cc1ccc(OCCCON=C(N)N)cc1. The van der Waals surface area contributed by atoms with Crippen LogP contribution in [0.2, 0.25) is 0 Å². The lowest BCUT2D eigenvalue weighted by Gasteiger charge is -2.07. The van der Waals surface area contributed by atoms with Gasteiger partial charge < -0.3 is 30.9 Å². The predicted octanol–water partition coefficient (Wildman–Crippen LogP) is 3.11. The second-order valence-electron chi connectivity index (χ2n) is 5.98. The van der Waals surface area contributed by atoms with Gasteiger partial charge in [0.05, 0.1) is 18.6 Å². The molecule has 0 unspecified atom stereocenters.